The lowest BCUT2D eigenvalue weighted by Gasteiger charge is -2.29. The van der Waals surface area contributed by atoms with Crippen molar-refractivity contribution in [2.24, 2.45) is 0 Å². The molecular formula is C30H32N4O4. The van der Waals surface area contributed by atoms with Crippen LogP contribution in [0.1, 0.15) is 29.4 Å². The number of amides is 2. The molecule has 0 aliphatic carbocycles. The molecule has 1 aliphatic heterocycles. The Morgan fingerprint density at radius 2 is 1.89 bits per heavy atom. The number of fused-ring (bicyclic) bond motifs is 2. The summed E-state index contributed by atoms with van der Waals surface area (Å²) in [5, 5.41) is 0. The summed E-state index contributed by atoms with van der Waals surface area (Å²) in [7, 11) is 0. The van der Waals surface area contributed by atoms with Crippen molar-refractivity contribution in [2.45, 2.75) is 33.9 Å². The molecule has 0 fully saturated rings. The lowest BCUT2D eigenvalue weighted by molar-refractivity contribution is -0.144. The first-order chi connectivity index (χ1) is 18.4. The molecule has 2 amide bonds. The Morgan fingerprint density at radius 3 is 2.68 bits per heavy atom. The van der Waals surface area contributed by atoms with E-state index in [0.717, 1.165) is 50.4 Å². The molecule has 1 N–H and O–H groups in total. The maximum Gasteiger partial charge on any atom is 0.325 e. The summed E-state index contributed by atoms with van der Waals surface area (Å²) < 4.78 is 11.3. The van der Waals surface area contributed by atoms with E-state index in [-0.39, 0.29) is 19.2 Å². The number of hydrogen-bond donors (Lipinski definition) is 1. The molecule has 8 heteroatoms. The molecular weight excluding hydrogens is 480 g/mol. The Hall–Kier alpha value is -4.33. The average molecular weight is 513 g/mol. The van der Waals surface area contributed by atoms with Crippen molar-refractivity contribution in [3.8, 4) is 16.9 Å². The van der Waals surface area contributed by atoms with E-state index in [9.17, 15) is 9.59 Å². The van der Waals surface area contributed by atoms with Crippen molar-refractivity contribution in [2.75, 3.05) is 26.3 Å². The lowest BCUT2D eigenvalue weighted by Crippen LogP contribution is -2.45. The molecule has 8 nitrogen and oxygen atoms in total. The van der Waals surface area contributed by atoms with Crippen molar-refractivity contribution in [1.29, 1.82) is 0 Å². The lowest BCUT2D eigenvalue weighted by atomic mass is 9.98. The Labute approximate surface area is 222 Å². The number of urea groups is 1. The van der Waals surface area contributed by atoms with Gasteiger partial charge in [0.15, 0.2) is 0 Å². The fourth-order valence-electron chi connectivity index (χ4n) is 4.92. The largest absolute Gasteiger partial charge is 0.491 e. The highest BCUT2D eigenvalue weighted by Crippen LogP contribution is 2.34. The van der Waals surface area contributed by atoms with Crippen molar-refractivity contribution < 1.29 is 19.1 Å². The first-order valence-electron chi connectivity index (χ1n) is 12.9. The Bertz CT molecular complexity index is 1460. The number of esters is 1. The molecule has 0 saturated heterocycles. The first kappa shape index (κ1) is 25.3. The fraction of sp³-hybridized carbons (Fsp3) is 0.300. The number of aromatic nitrogens is 2. The number of carbonyl (C=O) groups excluding carboxylic acids is 2. The Kier molecular flexibility index (Phi) is 7.31. The maximum atomic E-state index is 13.8. The smallest absolute Gasteiger partial charge is 0.325 e. The van der Waals surface area contributed by atoms with Gasteiger partial charge in [0.2, 0.25) is 0 Å². The summed E-state index contributed by atoms with van der Waals surface area (Å²) in [5.74, 6) is 1.26. The number of rotatable bonds is 6. The van der Waals surface area contributed by atoms with Crippen LogP contribution in [0.4, 0.5) is 4.79 Å². The molecule has 5 rings (SSSR count). The molecule has 1 aromatic heterocycles. The van der Waals surface area contributed by atoms with Crippen LogP contribution in [-0.4, -0.2) is 58.1 Å². The summed E-state index contributed by atoms with van der Waals surface area (Å²) in [6.45, 7) is 7.35. The van der Waals surface area contributed by atoms with E-state index in [1.807, 2.05) is 50.2 Å². The van der Waals surface area contributed by atoms with E-state index in [1.165, 1.54) is 0 Å². The van der Waals surface area contributed by atoms with Gasteiger partial charge in [0.1, 0.15) is 24.7 Å². The van der Waals surface area contributed by atoms with Crippen molar-refractivity contribution in [3.05, 3.63) is 83.2 Å². The van der Waals surface area contributed by atoms with E-state index in [4.69, 9.17) is 9.47 Å². The molecule has 0 radical (unpaired) electrons. The van der Waals surface area contributed by atoms with Gasteiger partial charge in [0, 0.05) is 12.1 Å². The van der Waals surface area contributed by atoms with E-state index in [1.54, 1.807) is 16.7 Å². The van der Waals surface area contributed by atoms with Crippen LogP contribution in [0.3, 0.4) is 0 Å². The van der Waals surface area contributed by atoms with Gasteiger partial charge in [-0.05, 0) is 67.3 Å². The van der Waals surface area contributed by atoms with Gasteiger partial charge in [-0.25, -0.2) is 9.78 Å². The average Bonchev–Trinajstić information content (AvgIpc) is 3.14. The molecule has 0 atom stereocenters. The van der Waals surface area contributed by atoms with Crippen LogP contribution in [0.2, 0.25) is 0 Å². The van der Waals surface area contributed by atoms with Crippen LogP contribution in [0.25, 0.3) is 22.2 Å². The zero-order chi connectivity index (χ0) is 26.6. The van der Waals surface area contributed by atoms with E-state index in [2.05, 4.69) is 34.2 Å². The fourth-order valence-corrected chi connectivity index (χ4v) is 4.92. The number of hydrogen-bond acceptors (Lipinski definition) is 5. The predicted molar refractivity (Wildman–Crippen MR) is 146 cm³/mol. The molecule has 0 bridgehead atoms. The van der Waals surface area contributed by atoms with Gasteiger partial charge in [0.25, 0.3) is 0 Å². The van der Waals surface area contributed by atoms with Gasteiger partial charge in [-0.15, -0.1) is 0 Å². The normalized spacial score (nSPS) is 13.0. The standard InChI is InChI=1S/C30H32N4O4/c1-4-37-28(35)19-34(17-22-8-6-5-7-9-22)30(36)33-12-13-38-29-20(2)14-24(15-25(29)18-33)23-10-11-26-27(16-23)32-21(3)31-26/h5-11,14-16H,4,12-13,17-19H2,1-3H3,(H,31,32). The van der Waals surface area contributed by atoms with E-state index < -0.39 is 5.97 Å². The third kappa shape index (κ3) is 5.49. The van der Waals surface area contributed by atoms with Crippen molar-refractivity contribution in [3.63, 3.8) is 0 Å². The van der Waals surface area contributed by atoms with Gasteiger partial charge in [-0.2, -0.15) is 0 Å². The van der Waals surface area contributed by atoms with Crippen molar-refractivity contribution >= 4 is 23.0 Å². The van der Waals surface area contributed by atoms with Crippen LogP contribution < -0.4 is 4.74 Å². The molecule has 0 unspecified atom stereocenters. The minimum Gasteiger partial charge on any atom is -0.491 e. The second kappa shape index (κ2) is 11.0. The summed E-state index contributed by atoms with van der Waals surface area (Å²) in [6, 6.07) is 19.8. The van der Waals surface area contributed by atoms with Crippen LogP contribution in [0, 0.1) is 13.8 Å². The maximum absolute atomic E-state index is 13.8. The molecule has 0 saturated carbocycles. The highest BCUT2D eigenvalue weighted by atomic mass is 16.5. The molecule has 4 aromatic rings. The molecule has 196 valence electrons. The number of H-pyrrole nitrogens is 1. The zero-order valence-electron chi connectivity index (χ0n) is 22.0. The second-order valence-electron chi connectivity index (χ2n) is 9.53. The number of nitrogens with zero attached hydrogens (tertiary/aromatic N) is 3. The number of nitrogens with one attached hydrogen (secondary N) is 1. The number of benzene rings is 3. The molecule has 3 aromatic carbocycles. The van der Waals surface area contributed by atoms with Crippen molar-refractivity contribution in [1.82, 2.24) is 19.8 Å². The van der Waals surface area contributed by atoms with E-state index >= 15 is 0 Å². The van der Waals surface area contributed by atoms with E-state index in [0.29, 0.717) is 26.2 Å². The monoisotopic (exact) mass is 512 g/mol. The number of aryl methyl sites for hydroxylation is 2. The third-order valence-corrected chi connectivity index (χ3v) is 6.64. The zero-order valence-corrected chi connectivity index (χ0v) is 22.0. The van der Waals surface area contributed by atoms with Gasteiger partial charge in [-0.3, -0.25) is 4.79 Å². The quantitative estimate of drug-likeness (QED) is 0.358. The molecule has 0 spiro atoms. The third-order valence-electron chi connectivity index (χ3n) is 6.64. The highest BCUT2D eigenvalue weighted by molar-refractivity contribution is 5.83. The topological polar surface area (TPSA) is 87.8 Å². The number of carbonyl (C=O) groups is 2. The first-order valence-corrected chi connectivity index (χ1v) is 12.9. The molecule has 38 heavy (non-hydrogen) atoms. The summed E-state index contributed by atoms with van der Waals surface area (Å²) >= 11 is 0. The highest BCUT2D eigenvalue weighted by Gasteiger charge is 2.27. The van der Waals surface area contributed by atoms with Crippen LogP contribution >= 0.6 is 0 Å². The number of ether oxygens (including phenoxy) is 2. The summed E-state index contributed by atoms with van der Waals surface area (Å²) in [5.41, 5.74) is 6.90. The number of imidazole rings is 1. The molecule has 1 aliphatic rings. The summed E-state index contributed by atoms with van der Waals surface area (Å²) in [4.78, 5) is 37.2. The molecule has 2 heterocycles. The van der Waals surface area contributed by atoms with Gasteiger partial charge >= 0.3 is 12.0 Å². The Balaban J connectivity index is 1.43. The minimum absolute atomic E-state index is 0.117. The van der Waals surface area contributed by atoms with Gasteiger partial charge in [-0.1, -0.05) is 36.4 Å². The van der Waals surface area contributed by atoms with Gasteiger partial charge < -0.3 is 24.3 Å². The number of aromatic amines is 1. The summed E-state index contributed by atoms with van der Waals surface area (Å²) in [6.07, 6.45) is 0. The Morgan fingerprint density at radius 1 is 1.08 bits per heavy atom. The van der Waals surface area contributed by atoms with Gasteiger partial charge in [0.05, 0.1) is 30.7 Å². The van der Waals surface area contributed by atoms with Crippen LogP contribution in [0.5, 0.6) is 5.75 Å². The van der Waals surface area contributed by atoms with Crippen LogP contribution in [-0.2, 0) is 22.6 Å². The minimum atomic E-state index is -0.425. The van der Waals surface area contributed by atoms with Crippen LogP contribution in [0.15, 0.2) is 60.7 Å². The predicted octanol–water partition coefficient (Wildman–Crippen LogP) is 5.23. The SMILES string of the molecule is CCOC(=O)CN(Cc1ccccc1)C(=O)N1CCOc2c(C)cc(-c3ccc4nc(C)[nH]c4c3)cc2C1. The second-order valence-corrected chi connectivity index (χ2v) is 9.53.